The number of aromatic nitrogens is 3. The maximum Gasteiger partial charge on any atom is 0.247 e. The Balaban J connectivity index is 1.43. The molecule has 4 atom stereocenters. The summed E-state index contributed by atoms with van der Waals surface area (Å²) in [6.45, 7) is 5.24. The number of amidine groups is 1. The van der Waals surface area contributed by atoms with Gasteiger partial charge in [-0.25, -0.2) is 4.99 Å². The van der Waals surface area contributed by atoms with Gasteiger partial charge >= 0.3 is 0 Å². The largest absolute Gasteiger partial charge is 0.360 e. The topological polar surface area (TPSA) is 108 Å². The number of anilines is 1. The predicted molar refractivity (Wildman–Crippen MR) is 181 cm³/mol. The zero-order valence-electron chi connectivity index (χ0n) is 24.1. The summed E-state index contributed by atoms with van der Waals surface area (Å²) in [7, 11) is 0. The van der Waals surface area contributed by atoms with Crippen molar-refractivity contribution in [3.63, 3.8) is 0 Å². The van der Waals surface area contributed by atoms with Crippen LogP contribution in [0.4, 0.5) is 5.95 Å². The van der Waals surface area contributed by atoms with Crippen LogP contribution in [0.25, 0.3) is 22.5 Å². The normalized spacial score (nSPS) is 23.9. The number of rotatable bonds is 3. The summed E-state index contributed by atoms with van der Waals surface area (Å²) in [5.41, 5.74) is 13.6. The van der Waals surface area contributed by atoms with Gasteiger partial charge in [0.05, 0.1) is 29.4 Å². The van der Waals surface area contributed by atoms with Crippen molar-refractivity contribution >= 4 is 30.1 Å². The number of H-pyrrole nitrogens is 1. The van der Waals surface area contributed by atoms with Crippen molar-refractivity contribution in [2.24, 2.45) is 21.6 Å². The van der Waals surface area contributed by atoms with Crippen LogP contribution in [0.5, 0.6) is 0 Å². The Labute approximate surface area is 262 Å². The fourth-order valence-electron chi connectivity index (χ4n) is 5.92. The maximum atomic E-state index is 6.58. The molecule has 44 heavy (non-hydrogen) atoms. The lowest BCUT2D eigenvalue weighted by Gasteiger charge is -2.36. The zero-order chi connectivity index (χ0) is 30.0. The lowest BCUT2D eigenvalue weighted by Crippen LogP contribution is -2.40. The molecule has 9 heteroatoms. The number of allylic oxidation sites excluding steroid dienone is 6. The Morgan fingerprint density at radius 1 is 1.07 bits per heavy atom. The highest BCUT2D eigenvalue weighted by Crippen LogP contribution is 2.35. The number of hydrogen-bond donors (Lipinski definition) is 4. The van der Waals surface area contributed by atoms with Crippen molar-refractivity contribution in [1.29, 1.82) is 0 Å². The molecule has 2 aromatic carbocycles. The molecule has 0 spiro atoms. The van der Waals surface area contributed by atoms with E-state index in [1.54, 1.807) is 0 Å². The average molecular weight is 597 g/mol. The third-order valence-electron chi connectivity index (χ3n) is 8.19. The summed E-state index contributed by atoms with van der Waals surface area (Å²) >= 11 is 4.50. The number of aliphatic imine (C=N–C) groups is 2. The van der Waals surface area contributed by atoms with Crippen LogP contribution in [0.1, 0.15) is 12.0 Å². The molecule has 2 aliphatic carbocycles. The smallest absolute Gasteiger partial charge is 0.247 e. The van der Waals surface area contributed by atoms with Crippen molar-refractivity contribution in [1.82, 2.24) is 20.1 Å². The van der Waals surface area contributed by atoms with Crippen molar-refractivity contribution in [3.05, 3.63) is 114 Å². The van der Waals surface area contributed by atoms with E-state index in [1.807, 2.05) is 36.4 Å². The highest BCUT2D eigenvalue weighted by molar-refractivity contribution is 7.80. The molecule has 218 valence electrons. The fourth-order valence-corrected chi connectivity index (χ4v) is 6.09. The van der Waals surface area contributed by atoms with E-state index < -0.39 is 12.2 Å². The van der Waals surface area contributed by atoms with Gasteiger partial charge in [0.1, 0.15) is 5.84 Å². The predicted octanol–water partition coefficient (Wildman–Crippen LogP) is 5.32. The number of benzene rings is 2. The number of nitrogens with two attached hydrogens (primary N) is 1. The van der Waals surface area contributed by atoms with Crippen LogP contribution < -0.4 is 11.1 Å². The van der Waals surface area contributed by atoms with E-state index in [1.165, 1.54) is 0 Å². The van der Waals surface area contributed by atoms with Gasteiger partial charge < -0.3 is 16.0 Å². The van der Waals surface area contributed by atoms with E-state index in [9.17, 15) is 0 Å². The van der Waals surface area contributed by atoms with Crippen LogP contribution in [0.2, 0.25) is 0 Å². The monoisotopic (exact) mass is 596 g/mol. The SMILES string of the molecule is C=C1C2N=C(C3C#CC=CC=C3)C3=CC=CCC3N1Cc1ccc(cc1)-c1ccccc1-c1nc(n[nH]1)N/C(C(N)CS)=N\2. The van der Waals surface area contributed by atoms with Gasteiger partial charge in [-0.1, -0.05) is 103 Å². The average Bonchev–Trinajstić information content (AvgIpc) is 3.30. The van der Waals surface area contributed by atoms with E-state index in [0.717, 1.165) is 45.7 Å². The first-order valence-corrected chi connectivity index (χ1v) is 15.3. The number of aromatic amines is 1. The summed E-state index contributed by atoms with van der Waals surface area (Å²) in [6, 6.07) is 16.3. The second-order valence-electron chi connectivity index (χ2n) is 11.0. The van der Waals surface area contributed by atoms with Crippen LogP contribution >= 0.6 is 12.6 Å². The first kappa shape index (κ1) is 27.9. The fraction of sp³-hybridized carbons (Fsp3) is 0.200. The van der Waals surface area contributed by atoms with E-state index in [0.29, 0.717) is 29.9 Å². The molecule has 0 saturated heterocycles. The van der Waals surface area contributed by atoms with E-state index in [2.05, 4.69) is 106 Å². The molecule has 8 rings (SSSR count). The lowest BCUT2D eigenvalue weighted by atomic mass is 9.87. The third-order valence-corrected chi connectivity index (χ3v) is 8.59. The summed E-state index contributed by atoms with van der Waals surface area (Å²) in [4.78, 5) is 17.5. The Bertz CT molecular complexity index is 1850. The van der Waals surface area contributed by atoms with Gasteiger partial charge in [0.15, 0.2) is 12.0 Å². The van der Waals surface area contributed by atoms with Crippen LogP contribution in [-0.2, 0) is 6.54 Å². The number of nitrogens with one attached hydrogen (secondary N) is 2. The highest BCUT2D eigenvalue weighted by Gasteiger charge is 2.36. The van der Waals surface area contributed by atoms with Gasteiger partial charge in [0.2, 0.25) is 5.95 Å². The summed E-state index contributed by atoms with van der Waals surface area (Å²) < 4.78 is 0. The van der Waals surface area contributed by atoms with Crippen molar-refractivity contribution < 1.29 is 0 Å². The Kier molecular flexibility index (Phi) is 7.61. The standard InChI is InChI=1S/C35H32N8S/c1-22-32-37-31(25-10-4-2-3-5-11-25)28-14-8-9-15-30(28)43(22)20-23-16-18-24(19-17-23)26-12-6-7-13-27(26)33-39-35(42-41-33)40-34(38-32)29(36)21-44/h2-4,6-10,12-14,16-19,25,29-30,32,44H,1,15,20-21,36H2,(H2,38,39,40,41,42). The third kappa shape index (κ3) is 5.34. The number of nitrogens with zero attached hydrogens (tertiary/aromatic N) is 5. The van der Waals surface area contributed by atoms with Gasteiger partial charge in [0.25, 0.3) is 0 Å². The Morgan fingerprint density at radius 2 is 1.91 bits per heavy atom. The van der Waals surface area contributed by atoms with Crippen molar-refractivity contribution in [2.75, 3.05) is 11.1 Å². The number of hydrogen-bond acceptors (Lipinski definition) is 8. The lowest BCUT2D eigenvalue weighted by molar-refractivity contribution is 0.267. The van der Waals surface area contributed by atoms with Crippen LogP contribution in [0.3, 0.4) is 0 Å². The summed E-state index contributed by atoms with van der Waals surface area (Å²) in [5, 5.41) is 10.8. The van der Waals surface area contributed by atoms with Crippen LogP contribution in [0, 0.1) is 17.8 Å². The van der Waals surface area contributed by atoms with Gasteiger partial charge in [0, 0.05) is 17.9 Å². The molecule has 0 radical (unpaired) electrons. The maximum absolute atomic E-state index is 6.58. The molecule has 8 nitrogen and oxygen atoms in total. The van der Waals surface area contributed by atoms with E-state index in [4.69, 9.17) is 20.7 Å². The minimum atomic E-state index is -0.664. The van der Waals surface area contributed by atoms with E-state index >= 15 is 0 Å². The number of thiol groups is 1. The Hall–Kier alpha value is -4.91. The van der Waals surface area contributed by atoms with Gasteiger partial charge in [-0.3, -0.25) is 10.1 Å². The summed E-state index contributed by atoms with van der Waals surface area (Å²) in [5.74, 6) is 8.16. The first-order chi connectivity index (χ1) is 21.6. The zero-order valence-corrected chi connectivity index (χ0v) is 25.0. The first-order valence-electron chi connectivity index (χ1n) is 14.7. The second kappa shape index (κ2) is 12.0. The molecule has 6 bridgehead atoms. The molecule has 1 aromatic heterocycles. The molecular weight excluding hydrogens is 565 g/mol. The quantitative estimate of drug-likeness (QED) is 0.242. The second-order valence-corrected chi connectivity index (χ2v) is 11.4. The summed E-state index contributed by atoms with van der Waals surface area (Å²) in [6.07, 6.45) is 14.5. The van der Waals surface area contributed by atoms with Gasteiger partial charge in [-0.2, -0.15) is 17.6 Å². The minimum Gasteiger partial charge on any atom is -0.360 e. The van der Waals surface area contributed by atoms with Crippen LogP contribution in [0.15, 0.2) is 119 Å². The molecule has 4 heterocycles. The molecule has 0 fully saturated rings. The molecule has 0 amide bonds. The van der Waals surface area contributed by atoms with Gasteiger partial charge in [-0.15, -0.1) is 5.10 Å². The molecule has 0 saturated carbocycles. The highest BCUT2D eigenvalue weighted by atomic mass is 32.1. The van der Waals surface area contributed by atoms with Crippen LogP contribution in [-0.4, -0.2) is 55.6 Å². The molecule has 4 unspecified atom stereocenters. The molecular formula is C35H32N8S. The number of fused-ring (bicyclic) bond motifs is 4. The minimum absolute atomic E-state index is 0.0164. The van der Waals surface area contributed by atoms with Crippen molar-refractivity contribution in [2.45, 2.75) is 31.2 Å². The molecule has 4 N–H and O–H groups in total. The van der Waals surface area contributed by atoms with E-state index in [-0.39, 0.29) is 12.0 Å². The van der Waals surface area contributed by atoms with Crippen molar-refractivity contribution in [3.8, 4) is 34.4 Å². The molecule has 3 aliphatic heterocycles. The molecule has 3 aromatic rings. The molecule has 5 aliphatic rings. The Morgan fingerprint density at radius 3 is 2.75 bits per heavy atom. The van der Waals surface area contributed by atoms with Gasteiger partial charge in [-0.05, 0) is 34.8 Å².